The van der Waals surface area contributed by atoms with Gasteiger partial charge in [0, 0.05) is 18.3 Å². The van der Waals surface area contributed by atoms with Crippen molar-refractivity contribution < 1.29 is 12.8 Å². The molecule has 0 aliphatic carbocycles. The molecule has 1 unspecified atom stereocenters. The van der Waals surface area contributed by atoms with E-state index in [9.17, 15) is 12.8 Å². The summed E-state index contributed by atoms with van der Waals surface area (Å²) in [5.41, 5.74) is 0. The Labute approximate surface area is 118 Å². The molecule has 1 aliphatic heterocycles. The molecule has 0 N–H and O–H groups in total. The van der Waals surface area contributed by atoms with E-state index in [-0.39, 0.29) is 4.90 Å². The second kappa shape index (κ2) is 6.24. The molecule has 1 aromatic carbocycles. The highest BCUT2D eigenvalue weighted by Gasteiger charge is 2.27. The number of benzene rings is 1. The van der Waals surface area contributed by atoms with Gasteiger partial charge in [0.2, 0.25) is 10.0 Å². The van der Waals surface area contributed by atoms with Crippen molar-refractivity contribution in [3.05, 3.63) is 30.1 Å². The normalized spacial score (nSPS) is 22.1. The molecule has 1 aromatic rings. The number of rotatable bonds is 3. The van der Waals surface area contributed by atoms with E-state index in [4.69, 9.17) is 0 Å². The maximum absolute atomic E-state index is 12.9. The van der Waals surface area contributed by atoms with E-state index in [2.05, 4.69) is 6.26 Å². The Balaban J connectivity index is 2.17. The Bertz CT molecular complexity index is 516. The maximum Gasteiger partial charge on any atom is 0.243 e. The number of hydrogen-bond acceptors (Lipinski definition) is 3. The van der Waals surface area contributed by atoms with Crippen LogP contribution in [-0.4, -0.2) is 37.3 Å². The first kappa shape index (κ1) is 14.8. The van der Waals surface area contributed by atoms with Crippen molar-refractivity contribution in [1.29, 1.82) is 0 Å². The van der Waals surface area contributed by atoms with Crippen molar-refractivity contribution in [3.63, 3.8) is 0 Å². The molecule has 1 heterocycles. The fourth-order valence-electron chi connectivity index (χ4n) is 2.27. The quantitative estimate of drug-likeness (QED) is 0.861. The molecule has 1 aliphatic rings. The Morgan fingerprint density at radius 1 is 1.21 bits per heavy atom. The van der Waals surface area contributed by atoms with E-state index in [0.717, 1.165) is 19.3 Å². The van der Waals surface area contributed by atoms with Gasteiger partial charge in [0.25, 0.3) is 0 Å². The van der Waals surface area contributed by atoms with Crippen molar-refractivity contribution in [2.75, 3.05) is 19.3 Å². The molecule has 0 spiro atoms. The minimum absolute atomic E-state index is 0.177. The molecule has 0 aromatic heterocycles. The van der Waals surface area contributed by atoms with Crippen LogP contribution in [0, 0.1) is 5.82 Å². The summed E-state index contributed by atoms with van der Waals surface area (Å²) >= 11 is 1.80. The van der Waals surface area contributed by atoms with E-state index in [1.54, 1.807) is 11.8 Å². The number of halogens is 1. The number of hydrogen-bond donors (Lipinski definition) is 0. The molecule has 1 atom stereocenters. The van der Waals surface area contributed by atoms with Crippen molar-refractivity contribution in [1.82, 2.24) is 4.31 Å². The summed E-state index contributed by atoms with van der Waals surface area (Å²) in [5.74, 6) is -0.419. The summed E-state index contributed by atoms with van der Waals surface area (Å²) in [4.78, 5) is 0.177. The van der Waals surface area contributed by atoms with Gasteiger partial charge >= 0.3 is 0 Å². The molecule has 106 valence electrons. The lowest BCUT2D eigenvalue weighted by molar-refractivity contribution is 0.424. The van der Waals surface area contributed by atoms with Crippen LogP contribution < -0.4 is 0 Å². The van der Waals surface area contributed by atoms with Crippen LogP contribution in [0.1, 0.15) is 19.3 Å². The standard InChI is InChI=1S/C13H18FNO2S2/c1-18-12-3-2-9-15(10-8-12)19(16,17)13-6-4-11(14)5-7-13/h4-7,12H,2-3,8-10H2,1H3. The fraction of sp³-hybridized carbons (Fsp3) is 0.538. The lowest BCUT2D eigenvalue weighted by Gasteiger charge is -2.20. The molecule has 0 bridgehead atoms. The second-order valence-electron chi connectivity index (χ2n) is 4.65. The molecule has 6 heteroatoms. The van der Waals surface area contributed by atoms with Gasteiger partial charge in [-0.25, -0.2) is 12.8 Å². The Kier molecular flexibility index (Phi) is 4.86. The predicted molar refractivity (Wildman–Crippen MR) is 76.3 cm³/mol. The van der Waals surface area contributed by atoms with Gasteiger partial charge in [-0.3, -0.25) is 0 Å². The van der Waals surface area contributed by atoms with Crippen LogP contribution in [0.2, 0.25) is 0 Å². The third-order valence-electron chi connectivity index (χ3n) is 3.42. The minimum Gasteiger partial charge on any atom is -0.207 e. The van der Waals surface area contributed by atoms with Crippen molar-refractivity contribution in [2.45, 2.75) is 29.4 Å². The van der Waals surface area contributed by atoms with E-state index in [1.165, 1.54) is 28.6 Å². The zero-order valence-electron chi connectivity index (χ0n) is 10.9. The van der Waals surface area contributed by atoms with Crippen molar-refractivity contribution in [3.8, 4) is 0 Å². The van der Waals surface area contributed by atoms with Crippen molar-refractivity contribution >= 4 is 21.8 Å². The molecule has 3 nitrogen and oxygen atoms in total. The lowest BCUT2D eigenvalue weighted by atomic mass is 10.2. The Hall–Kier alpha value is -0.590. The second-order valence-corrected chi connectivity index (χ2v) is 7.72. The number of nitrogens with zero attached hydrogens (tertiary/aromatic N) is 1. The maximum atomic E-state index is 12.9. The number of sulfonamides is 1. The molecule has 0 amide bonds. The topological polar surface area (TPSA) is 37.4 Å². The van der Waals surface area contributed by atoms with E-state index in [0.29, 0.717) is 18.3 Å². The van der Waals surface area contributed by atoms with Crippen LogP contribution >= 0.6 is 11.8 Å². The van der Waals surface area contributed by atoms with Crippen LogP contribution in [-0.2, 0) is 10.0 Å². The highest BCUT2D eigenvalue weighted by Crippen LogP contribution is 2.25. The van der Waals surface area contributed by atoms with Gasteiger partial charge in [0.1, 0.15) is 5.82 Å². The summed E-state index contributed by atoms with van der Waals surface area (Å²) in [6, 6.07) is 5.05. The van der Waals surface area contributed by atoms with Crippen LogP contribution in [0.4, 0.5) is 4.39 Å². The fourth-order valence-corrected chi connectivity index (χ4v) is 4.51. The molecule has 2 rings (SSSR count). The van der Waals surface area contributed by atoms with Gasteiger partial charge < -0.3 is 0 Å². The molecule has 0 radical (unpaired) electrons. The average Bonchev–Trinajstić information content (AvgIpc) is 2.65. The average molecular weight is 303 g/mol. The third-order valence-corrected chi connectivity index (χ3v) is 6.47. The van der Waals surface area contributed by atoms with Gasteiger partial charge in [0.05, 0.1) is 4.90 Å². The van der Waals surface area contributed by atoms with Crippen LogP contribution in [0.3, 0.4) is 0 Å². The van der Waals surface area contributed by atoms with Gasteiger partial charge in [-0.05, 0) is 49.8 Å². The Morgan fingerprint density at radius 2 is 1.89 bits per heavy atom. The highest BCUT2D eigenvalue weighted by atomic mass is 32.2. The van der Waals surface area contributed by atoms with E-state index < -0.39 is 15.8 Å². The molecular formula is C13H18FNO2S2. The van der Waals surface area contributed by atoms with Gasteiger partial charge in [-0.15, -0.1) is 0 Å². The first-order valence-electron chi connectivity index (χ1n) is 6.32. The summed E-state index contributed by atoms with van der Waals surface area (Å²) < 4.78 is 39.3. The first-order valence-corrected chi connectivity index (χ1v) is 9.05. The van der Waals surface area contributed by atoms with Crippen LogP contribution in [0.15, 0.2) is 29.2 Å². The lowest BCUT2D eigenvalue weighted by Crippen LogP contribution is -2.32. The molecule has 1 fully saturated rings. The van der Waals surface area contributed by atoms with E-state index >= 15 is 0 Å². The largest absolute Gasteiger partial charge is 0.243 e. The van der Waals surface area contributed by atoms with Crippen LogP contribution in [0.5, 0.6) is 0 Å². The molecule has 0 saturated carbocycles. The highest BCUT2D eigenvalue weighted by molar-refractivity contribution is 7.99. The Morgan fingerprint density at radius 3 is 2.53 bits per heavy atom. The molecule has 1 saturated heterocycles. The number of thioether (sulfide) groups is 1. The van der Waals surface area contributed by atoms with Crippen LogP contribution in [0.25, 0.3) is 0 Å². The molecule has 19 heavy (non-hydrogen) atoms. The van der Waals surface area contributed by atoms with E-state index in [1.807, 2.05) is 0 Å². The third kappa shape index (κ3) is 3.49. The summed E-state index contributed by atoms with van der Waals surface area (Å²) in [6.07, 6.45) is 4.87. The first-order chi connectivity index (χ1) is 9.04. The van der Waals surface area contributed by atoms with Crippen molar-refractivity contribution in [2.24, 2.45) is 0 Å². The monoisotopic (exact) mass is 303 g/mol. The summed E-state index contributed by atoms with van der Waals surface area (Å²) in [7, 11) is -3.48. The summed E-state index contributed by atoms with van der Waals surface area (Å²) in [6.45, 7) is 1.10. The van der Waals surface area contributed by atoms with Gasteiger partial charge in [0.15, 0.2) is 0 Å². The SMILES string of the molecule is CSC1CCCN(S(=O)(=O)c2ccc(F)cc2)CC1. The minimum atomic E-state index is -3.48. The zero-order valence-corrected chi connectivity index (χ0v) is 12.5. The van der Waals surface area contributed by atoms with Gasteiger partial charge in [-0.2, -0.15) is 16.1 Å². The molecular weight excluding hydrogens is 285 g/mol. The van der Waals surface area contributed by atoms with Gasteiger partial charge in [-0.1, -0.05) is 0 Å². The zero-order chi connectivity index (χ0) is 13.9. The smallest absolute Gasteiger partial charge is 0.207 e. The predicted octanol–water partition coefficient (Wildman–Crippen LogP) is 2.73. The summed E-state index contributed by atoms with van der Waals surface area (Å²) in [5, 5.41) is 0.536.